The quantitative estimate of drug-likeness (QED) is 0.841. The summed E-state index contributed by atoms with van der Waals surface area (Å²) in [5.41, 5.74) is 0.953. The number of fused-ring (bicyclic) bond motifs is 1. The van der Waals surface area contributed by atoms with E-state index in [4.69, 9.17) is 0 Å². The Morgan fingerprint density at radius 3 is 2.84 bits per heavy atom. The van der Waals surface area contributed by atoms with Crippen LogP contribution in [0.4, 0.5) is 8.78 Å². The van der Waals surface area contributed by atoms with Gasteiger partial charge in [-0.05, 0) is 24.5 Å². The van der Waals surface area contributed by atoms with Crippen LogP contribution in [-0.2, 0) is 12.8 Å². The number of ketones is 1. The molecule has 3 rings (SSSR count). The smallest absolute Gasteiger partial charge is 0.182 e. The molecule has 2 nitrogen and oxygen atoms in total. The molecule has 0 atom stereocenters. The molecular formula is C14H11F2NOS. The summed E-state index contributed by atoms with van der Waals surface area (Å²) in [6.45, 7) is 0. The number of rotatable bonds is 2. The van der Waals surface area contributed by atoms with Gasteiger partial charge in [-0.3, -0.25) is 4.79 Å². The lowest BCUT2D eigenvalue weighted by Crippen LogP contribution is -2.09. The van der Waals surface area contributed by atoms with Crippen molar-refractivity contribution in [1.29, 1.82) is 0 Å². The zero-order valence-electron chi connectivity index (χ0n) is 10.1. The zero-order valence-corrected chi connectivity index (χ0v) is 10.9. The van der Waals surface area contributed by atoms with Crippen LogP contribution in [0.3, 0.4) is 0 Å². The number of aryl methyl sites for hydroxylation is 1. The second-order valence-corrected chi connectivity index (χ2v) is 5.74. The molecule has 0 spiro atoms. The molecule has 5 heteroatoms. The van der Waals surface area contributed by atoms with Gasteiger partial charge in [-0.25, -0.2) is 13.8 Å². The summed E-state index contributed by atoms with van der Waals surface area (Å²) in [5, 5.41) is 0.714. The fraction of sp³-hybridized carbons (Fsp3) is 0.286. The molecule has 0 N–H and O–H groups in total. The molecule has 1 aliphatic carbocycles. The van der Waals surface area contributed by atoms with E-state index in [2.05, 4.69) is 4.98 Å². The van der Waals surface area contributed by atoms with Crippen molar-refractivity contribution in [2.45, 2.75) is 25.7 Å². The summed E-state index contributed by atoms with van der Waals surface area (Å²) in [4.78, 5) is 17.0. The molecule has 0 amide bonds. The number of benzene rings is 1. The van der Waals surface area contributed by atoms with Crippen molar-refractivity contribution >= 4 is 17.1 Å². The number of hydrogen-bond acceptors (Lipinski definition) is 3. The minimum absolute atomic E-state index is 0.0725. The van der Waals surface area contributed by atoms with Crippen LogP contribution in [0.2, 0.25) is 0 Å². The summed E-state index contributed by atoms with van der Waals surface area (Å²) in [6.07, 6.45) is 2.57. The lowest BCUT2D eigenvalue weighted by atomic mass is 10.0. The van der Waals surface area contributed by atoms with Crippen molar-refractivity contribution in [2.24, 2.45) is 0 Å². The molecule has 98 valence electrons. The molecule has 0 saturated heterocycles. The normalized spacial score (nSPS) is 14.5. The fourth-order valence-corrected chi connectivity index (χ4v) is 3.37. The van der Waals surface area contributed by atoms with E-state index in [0.29, 0.717) is 29.1 Å². The van der Waals surface area contributed by atoms with E-state index in [1.807, 2.05) is 0 Å². The van der Waals surface area contributed by atoms with Gasteiger partial charge in [0.25, 0.3) is 0 Å². The number of halogens is 2. The maximum atomic E-state index is 13.6. The number of aromatic nitrogens is 1. The highest BCUT2D eigenvalue weighted by Gasteiger charge is 2.22. The summed E-state index contributed by atoms with van der Waals surface area (Å²) in [5.74, 6) is -1.09. The molecule has 0 fully saturated rings. The van der Waals surface area contributed by atoms with Gasteiger partial charge in [0.05, 0.1) is 5.01 Å². The van der Waals surface area contributed by atoms with Gasteiger partial charge in [0, 0.05) is 23.8 Å². The standard InChI is InChI=1S/C14H11F2NOS/c15-9-5-4-8(10(16)7-9)6-13-17-14-11(18)2-1-3-12(14)19-13/h4-5,7H,1-3,6H2. The van der Waals surface area contributed by atoms with E-state index in [9.17, 15) is 13.6 Å². The molecule has 1 aromatic heterocycles. The van der Waals surface area contributed by atoms with Gasteiger partial charge in [-0.2, -0.15) is 0 Å². The number of hydrogen-bond donors (Lipinski definition) is 0. The Labute approximate surface area is 113 Å². The molecule has 0 bridgehead atoms. The van der Waals surface area contributed by atoms with Crippen molar-refractivity contribution in [2.75, 3.05) is 0 Å². The molecule has 0 aliphatic heterocycles. The average molecular weight is 279 g/mol. The average Bonchev–Trinajstić information content (AvgIpc) is 2.77. The molecule has 1 heterocycles. The molecule has 0 saturated carbocycles. The maximum absolute atomic E-state index is 13.6. The van der Waals surface area contributed by atoms with Gasteiger partial charge >= 0.3 is 0 Å². The van der Waals surface area contributed by atoms with E-state index < -0.39 is 11.6 Å². The highest BCUT2D eigenvalue weighted by molar-refractivity contribution is 7.12. The Balaban J connectivity index is 1.89. The molecule has 2 aromatic rings. The predicted octanol–water partition coefficient (Wildman–Crippen LogP) is 3.53. The number of carbonyl (C=O) groups excluding carboxylic acids is 1. The molecular weight excluding hydrogens is 268 g/mol. The lowest BCUT2D eigenvalue weighted by molar-refractivity contribution is 0.0968. The van der Waals surface area contributed by atoms with Crippen molar-refractivity contribution in [3.05, 3.63) is 51.0 Å². The minimum Gasteiger partial charge on any atom is -0.292 e. The number of nitrogens with zero attached hydrogens (tertiary/aromatic N) is 1. The van der Waals surface area contributed by atoms with Crippen LogP contribution in [0.1, 0.15) is 38.8 Å². The molecule has 19 heavy (non-hydrogen) atoms. The summed E-state index contributed by atoms with van der Waals surface area (Å²) < 4.78 is 26.4. The molecule has 0 radical (unpaired) electrons. The first-order valence-corrected chi connectivity index (χ1v) is 6.91. The van der Waals surface area contributed by atoms with Crippen LogP contribution in [0, 0.1) is 11.6 Å². The largest absolute Gasteiger partial charge is 0.292 e. The van der Waals surface area contributed by atoms with Crippen LogP contribution in [-0.4, -0.2) is 10.8 Å². The Morgan fingerprint density at radius 1 is 1.26 bits per heavy atom. The predicted molar refractivity (Wildman–Crippen MR) is 68.5 cm³/mol. The van der Waals surface area contributed by atoms with E-state index in [-0.39, 0.29) is 5.78 Å². The third-order valence-corrected chi connectivity index (χ3v) is 4.29. The lowest BCUT2D eigenvalue weighted by Gasteiger charge is -2.06. The van der Waals surface area contributed by atoms with Gasteiger partial charge in [-0.15, -0.1) is 11.3 Å². The highest BCUT2D eigenvalue weighted by atomic mass is 32.1. The number of carbonyl (C=O) groups is 1. The van der Waals surface area contributed by atoms with E-state index in [1.54, 1.807) is 0 Å². The topological polar surface area (TPSA) is 30.0 Å². The fourth-order valence-electron chi connectivity index (χ4n) is 2.22. The SMILES string of the molecule is O=C1CCCc2sc(Cc3ccc(F)cc3F)nc21. The Morgan fingerprint density at radius 2 is 2.11 bits per heavy atom. The van der Waals surface area contributed by atoms with Gasteiger partial charge in [0.1, 0.15) is 17.3 Å². The van der Waals surface area contributed by atoms with Crippen LogP contribution >= 0.6 is 11.3 Å². The van der Waals surface area contributed by atoms with Crippen LogP contribution < -0.4 is 0 Å². The van der Waals surface area contributed by atoms with Gasteiger partial charge in [0.15, 0.2) is 5.78 Å². The van der Waals surface area contributed by atoms with Crippen molar-refractivity contribution in [1.82, 2.24) is 4.98 Å². The second-order valence-electron chi connectivity index (χ2n) is 4.57. The Bertz CT molecular complexity index is 651. The third kappa shape index (κ3) is 2.42. The van der Waals surface area contributed by atoms with Gasteiger partial charge in [-0.1, -0.05) is 6.07 Å². The number of thiazole rings is 1. The van der Waals surface area contributed by atoms with E-state index in [0.717, 1.165) is 23.8 Å². The molecule has 1 aromatic carbocycles. The zero-order chi connectivity index (χ0) is 13.4. The maximum Gasteiger partial charge on any atom is 0.182 e. The minimum atomic E-state index is -0.588. The molecule has 0 unspecified atom stereocenters. The van der Waals surface area contributed by atoms with Crippen molar-refractivity contribution < 1.29 is 13.6 Å². The van der Waals surface area contributed by atoms with Gasteiger partial charge < -0.3 is 0 Å². The van der Waals surface area contributed by atoms with Crippen LogP contribution in [0.15, 0.2) is 18.2 Å². The first kappa shape index (κ1) is 12.4. The van der Waals surface area contributed by atoms with Crippen molar-refractivity contribution in [3.8, 4) is 0 Å². The Hall–Kier alpha value is -1.62. The number of Topliss-reactive ketones (excluding diaryl/α,β-unsaturated/α-hetero) is 1. The first-order valence-electron chi connectivity index (χ1n) is 6.09. The van der Waals surface area contributed by atoms with E-state index >= 15 is 0 Å². The third-order valence-electron chi connectivity index (χ3n) is 3.17. The summed E-state index contributed by atoms with van der Waals surface area (Å²) in [7, 11) is 0. The van der Waals surface area contributed by atoms with E-state index in [1.165, 1.54) is 23.5 Å². The Kier molecular flexibility index (Phi) is 3.14. The second kappa shape index (κ2) is 4.81. The van der Waals surface area contributed by atoms with Gasteiger partial charge in [0.2, 0.25) is 0 Å². The highest BCUT2D eigenvalue weighted by Crippen LogP contribution is 2.28. The monoisotopic (exact) mass is 279 g/mol. The van der Waals surface area contributed by atoms with Crippen LogP contribution in [0.5, 0.6) is 0 Å². The van der Waals surface area contributed by atoms with Crippen molar-refractivity contribution in [3.63, 3.8) is 0 Å². The summed E-state index contributed by atoms with van der Waals surface area (Å²) in [6, 6.07) is 3.53. The first-order chi connectivity index (χ1) is 9.13. The summed E-state index contributed by atoms with van der Waals surface area (Å²) >= 11 is 1.45. The molecule has 1 aliphatic rings. The van der Waals surface area contributed by atoms with Crippen LogP contribution in [0.25, 0.3) is 0 Å².